The molecule has 0 saturated carbocycles. The fraction of sp³-hybridized carbons (Fsp3) is 0.404. The van der Waals surface area contributed by atoms with Crippen molar-refractivity contribution < 1.29 is 23.6 Å². The van der Waals surface area contributed by atoms with Gasteiger partial charge in [0.15, 0.2) is 0 Å². The lowest BCUT2D eigenvalue weighted by Crippen LogP contribution is -2.44. The summed E-state index contributed by atoms with van der Waals surface area (Å²) in [4.78, 5) is 54.0. The van der Waals surface area contributed by atoms with E-state index in [4.69, 9.17) is 14.5 Å². The summed E-state index contributed by atoms with van der Waals surface area (Å²) in [6.45, 7) is 12.0. The number of methoxy groups -OCH3 is 1. The molecule has 2 saturated heterocycles. The molecular weight excluding hydrogens is 925 g/mol. The molecule has 3 aromatic heterocycles. The summed E-state index contributed by atoms with van der Waals surface area (Å²) in [7, 11) is 0.600. The highest BCUT2D eigenvalue weighted by Crippen LogP contribution is 2.42. The number of pyridine rings is 1. The van der Waals surface area contributed by atoms with Crippen LogP contribution in [0, 0.1) is 6.92 Å². The average molecular weight is 983 g/mol. The van der Waals surface area contributed by atoms with Gasteiger partial charge in [-0.25, -0.2) is 9.78 Å². The first kappa shape index (κ1) is 46.7. The van der Waals surface area contributed by atoms with Gasteiger partial charge in [0.25, 0.3) is 0 Å². The third-order valence-electron chi connectivity index (χ3n) is 12.2. The lowest BCUT2D eigenvalue weighted by Gasteiger charge is -2.35. The van der Waals surface area contributed by atoms with Crippen LogP contribution in [0.1, 0.15) is 49.9 Å². The Bertz CT molecular complexity index is 2910. The van der Waals surface area contributed by atoms with E-state index in [0.717, 1.165) is 78.7 Å². The van der Waals surface area contributed by atoms with Crippen LogP contribution in [0.25, 0.3) is 21.9 Å². The van der Waals surface area contributed by atoms with Gasteiger partial charge in [-0.3, -0.25) is 29.0 Å². The van der Waals surface area contributed by atoms with Crippen molar-refractivity contribution in [1.29, 1.82) is 0 Å². The average Bonchev–Trinajstić information content (AvgIpc) is 3.55. The predicted octanol–water partition coefficient (Wildman–Crippen LogP) is 6.26. The Labute approximate surface area is 392 Å². The predicted molar refractivity (Wildman–Crippen MR) is 264 cm³/mol. The molecule has 2 amide bonds. The number of aromatic nitrogens is 5. The summed E-state index contributed by atoms with van der Waals surface area (Å²) >= 11 is 3.61. The Kier molecular flexibility index (Phi) is 14.1. The Morgan fingerprint density at radius 1 is 0.939 bits per heavy atom. The largest absolute Gasteiger partial charge is 0.494 e. The van der Waals surface area contributed by atoms with Crippen molar-refractivity contribution in [3.05, 3.63) is 87.0 Å². The molecule has 3 aromatic carbocycles. The van der Waals surface area contributed by atoms with E-state index in [0.29, 0.717) is 63.7 Å². The van der Waals surface area contributed by atoms with E-state index in [2.05, 4.69) is 76.4 Å². The number of ether oxygens (including phenoxy) is 2. The molecule has 0 bridgehead atoms. The number of hydrogen-bond donors (Lipinski definition) is 5. The lowest BCUT2D eigenvalue weighted by atomic mass is 10.0. The van der Waals surface area contributed by atoms with Gasteiger partial charge in [0, 0.05) is 86.6 Å². The van der Waals surface area contributed by atoms with Crippen LogP contribution in [0.3, 0.4) is 0 Å². The summed E-state index contributed by atoms with van der Waals surface area (Å²) in [5.41, 5.74) is 6.37. The highest BCUT2D eigenvalue weighted by atomic mass is 79.9. The van der Waals surface area contributed by atoms with Crippen molar-refractivity contribution >= 4 is 91.0 Å². The Hall–Kier alpha value is -5.81. The second-order valence-electron chi connectivity index (χ2n) is 17.1. The van der Waals surface area contributed by atoms with Crippen LogP contribution in [-0.4, -0.2) is 102 Å². The number of imidazole rings is 1. The van der Waals surface area contributed by atoms with Gasteiger partial charge in [0.1, 0.15) is 42.6 Å². The van der Waals surface area contributed by atoms with Gasteiger partial charge in [-0.15, -0.1) is 0 Å². The number of imide groups is 1. The molecule has 2 aliphatic rings. The van der Waals surface area contributed by atoms with Gasteiger partial charge in [0.2, 0.25) is 17.8 Å². The van der Waals surface area contributed by atoms with E-state index in [1.165, 1.54) is 14.7 Å². The fourth-order valence-corrected chi connectivity index (χ4v) is 10.8. The number of para-hydroxylation sites is 1. The molecular formula is C47H57BrN11O6P. The highest BCUT2D eigenvalue weighted by Gasteiger charge is 2.32. The van der Waals surface area contributed by atoms with Gasteiger partial charge in [0.05, 0.1) is 34.0 Å². The first-order valence-electron chi connectivity index (χ1n) is 22.3. The molecule has 8 rings (SSSR count). The quantitative estimate of drug-likeness (QED) is 0.0390. The van der Waals surface area contributed by atoms with Crippen LogP contribution in [-0.2, 0) is 27.6 Å². The monoisotopic (exact) mass is 981 g/mol. The summed E-state index contributed by atoms with van der Waals surface area (Å²) in [6.07, 6.45) is 4.97. The van der Waals surface area contributed by atoms with Gasteiger partial charge in [-0.1, -0.05) is 19.1 Å². The molecule has 1 unspecified atom stereocenters. The van der Waals surface area contributed by atoms with Crippen LogP contribution in [0.5, 0.6) is 11.5 Å². The Morgan fingerprint density at radius 3 is 2.48 bits per heavy atom. The van der Waals surface area contributed by atoms with Crippen LogP contribution in [0.15, 0.2) is 70.1 Å². The molecule has 0 aliphatic carbocycles. The molecule has 6 aromatic rings. The van der Waals surface area contributed by atoms with Crippen molar-refractivity contribution in [2.75, 3.05) is 75.3 Å². The number of aryl methyl sites for hydroxylation is 3. The number of rotatable bonds is 17. The molecule has 2 aliphatic heterocycles. The van der Waals surface area contributed by atoms with Crippen molar-refractivity contribution in [3.8, 4) is 11.5 Å². The minimum Gasteiger partial charge on any atom is -0.494 e. The van der Waals surface area contributed by atoms with E-state index in [1.807, 2.05) is 43.3 Å². The molecule has 0 radical (unpaired) electrons. The molecule has 0 spiro atoms. The van der Waals surface area contributed by atoms with E-state index in [9.17, 15) is 18.9 Å². The zero-order valence-electron chi connectivity index (χ0n) is 38.2. The Morgan fingerprint density at radius 2 is 1.74 bits per heavy atom. The number of amides is 2. The first-order valence-corrected chi connectivity index (χ1v) is 25.7. The van der Waals surface area contributed by atoms with Crippen molar-refractivity contribution in [1.82, 2.24) is 40.0 Å². The number of hydrogen-bond acceptors (Lipinski definition) is 14. The van der Waals surface area contributed by atoms with E-state index >= 15 is 0 Å². The summed E-state index contributed by atoms with van der Waals surface area (Å²) in [5, 5.41) is 17.9. The summed E-state index contributed by atoms with van der Waals surface area (Å²) in [5.74, 6) is 1.36. The van der Waals surface area contributed by atoms with Crippen molar-refractivity contribution in [3.63, 3.8) is 0 Å². The molecule has 2 fully saturated rings. The molecule has 5 heterocycles. The SMILES string of the molecule is CCc1cc(Nc2ncc(Br)c(Nc3ccc4nc(C)ccc4c3P(C)(C)=O)n2)c(OC)cc1N1CCC(NCCNCCOc2cccc3c2n(C)c(=O)n3C2CCC(=O)NC2=O)CC1. The smallest absolute Gasteiger partial charge is 0.329 e. The minimum atomic E-state index is -2.73. The normalized spacial score (nSPS) is 15.9. The van der Waals surface area contributed by atoms with Crippen LogP contribution < -0.4 is 52.0 Å². The zero-order valence-corrected chi connectivity index (χ0v) is 40.6. The molecule has 66 heavy (non-hydrogen) atoms. The maximum atomic E-state index is 13.6. The molecule has 5 N–H and O–H groups in total. The number of halogens is 1. The van der Waals surface area contributed by atoms with E-state index < -0.39 is 19.1 Å². The third kappa shape index (κ3) is 9.97. The van der Waals surface area contributed by atoms with Crippen molar-refractivity contribution in [2.45, 2.75) is 58.0 Å². The van der Waals surface area contributed by atoms with Gasteiger partial charge in [-0.2, -0.15) is 4.98 Å². The molecule has 348 valence electrons. The topological polar surface area (TPSA) is 199 Å². The number of nitrogens with zero attached hydrogens (tertiary/aromatic N) is 6. The second kappa shape index (κ2) is 20.0. The van der Waals surface area contributed by atoms with Crippen molar-refractivity contribution in [2.24, 2.45) is 7.05 Å². The number of fused-ring (bicyclic) bond motifs is 2. The fourth-order valence-electron chi connectivity index (χ4n) is 8.99. The first-order chi connectivity index (χ1) is 31.7. The summed E-state index contributed by atoms with van der Waals surface area (Å²) < 4.78 is 29.3. The maximum absolute atomic E-state index is 13.6. The zero-order chi connectivity index (χ0) is 46.7. The lowest BCUT2D eigenvalue weighted by molar-refractivity contribution is -0.135. The van der Waals surface area contributed by atoms with Gasteiger partial charge >= 0.3 is 5.69 Å². The summed E-state index contributed by atoms with van der Waals surface area (Å²) in [6, 6.07) is 17.0. The number of benzene rings is 3. The Balaban J connectivity index is 0.834. The number of carbonyl (C=O) groups is 2. The standard InChI is InChI=1S/C47H57BrN11O6P/c1-7-29-25-35(54-46-51-27-32(48)44(56-46)53-34-14-13-33-31(12-11-28(2)52-33)43(34)66(5,6)63)40(64-4)26-38(29)58-22-17-30(18-23-58)50-20-19-49-21-24-65-39-10-8-9-36-42(39)57(3)47(62)59(36)37-15-16-41(60)55-45(37)61/h8-14,25-27,30,37,49-50H,7,15-24H2,1-6H3,(H,55,60,61)(H2,51,53,54,56). The molecule has 19 heteroatoms. The minimum absolute atomic E-state index is 0.185. The van der Waals surface area contributed by atoms with Gasteiger partial charge < -0.3 is 40.2 Å². The molecule has 17 nitrogen and oxygen atoms in total. The molecule has 1 atom stereocenters. The van der Waals surface area contributed by atoms with Crippen LogP contribution in [0.2, 0.25) is 0 Å². The van der Waals surface area contributed by atoms with Crippen LogP contribution in [0.4, 0.5) is 28.8 Å². The third-order valence-corrected chi connectivity index (χ3v) is 14.4. The second-order valence-corrected chi connectivity index (χ2v) is 21.1. The maximum Gasteiger partial charge on any atom is 0.329 e. The van der Waals surface area contributed by atoms with Gasteiger partial charge in [-0.05, 0) is 104 Å². The highest BCUT2D eigenvalue weighted by molar-refractivity contribution is 9.10. The number of nitrogens with one attached hydrogen (secondary N) is 5. The van der Waals surface area contributed by atoms with E-state index in [-0.39, 0.29) is 24.4 Å². The van der Waals surface area contributed by atoms with E-state index in [1.54, 1.807) is 39.8 Å². The van der Waals surface area contributed by atoms with Crippen LogP contribution >= 0.6 is 23.1 Å². The number of anilines is 5. The number of carbonyl (C=O) groups excluding carboxylic acids is 2. The number of piperidine rings is 2.